The normalized spacial score (nSPS) is 13.1. The van der Waals surface area contributed by atoms with E-state index in [2.05, 4.69) is 38.9 Å². The minimum absolute atomic E-state index is 0.0383. The van der Waals surface area contributed by atoms with Crippen LogP contribution in [0.25, 0.3) is 0 Å². The maximum Gasteiger partial charge on any atom is 0.328 e. The van der Waals surface area contributed by atoms with E-state index < -0.39 is 104 Å². The summed E-state index contributed by atoms with van der Waals surface area (Å²) >= 11 is 3.86. The van der Waals surface area contributed by atoms with Crippen LogP contribution in [-0.2, 0) is 38.4 Å². The number of carbonyl (C=O) groups is 8. The zero-order chi connectivity index (χ0) is 33.8. The lowest BCUT2D eigenvalue weighted by Gasteiger charge is -2.21. The van der Waals surface area contributed by atoms with Crippen molar-refractivity contribution in [3.63, 3.8) is 0 Å². The zero-order valence-corrected chi connectivity index (χ0v) is 24.3. The van der Waals surface area contributed by atoms with E-state index in [1.165, 1.54) is 0 Å². The number of nitrogens with two attached hydrogens (primary N) is 3. The number of aliphatic hydroxyl groups is 1. The highest BCUT2D eigenvalue weighted by Gasteiger charge is 2.28. The Kier molecular flexibility index (Phi) is 18.8. The number of carbonyl (C=O) groups excluding carboxylic acids is 6. The van der Waals surface area contributed by atoms with Gasteiger partial charge in [0, 0.05) is 12.3 Å². The summed E-state index contributed by atoms with van der Waals surface area (Å²) in [5.41, 5.74) is 16.0. The molecule has 0 saturated carbocycles. The van der Waals surface area contributed by atoms with Gasteiger partial charge in [-0.1, -0.05) is 0 Å². The molecule has 0 fully saturated rings. The maximum atomic E-state index is 12.8. The summed E-state index contributed by atoms with van der Waals surface area (Å²) in [6, 6.07) is -5.74. The van der Waals surface area contributed by atoms with Crippen molar-refractivity contribution in [3.05, 3.63) is 0 Å². The fourth-order valence-corrected chi connectivity index (χ4v) is 3.18. The van der Waals surface area contributed by atoms with Gasteiger partial charge in [-0.3, -0.25) is 38.6 Å². The SMILES string of the molecule is NC(N)=NCCC[C@H](NC(=O)CNC(=O)CNC(=O)[C@@H](N)CS)C(=O)NCC(=O)N[C@@H](CC(=O)O)C(=O)N[C@@H](CO)C(=O)O. The summed E-state index contributed by atoms with van der Waals surface area (Å²) in [6.45, 7) is -2.81. The molecule has 0 aromatic rings. The third-order valence-corrected chi connectivity index (χ3v) is 5.64. The molecule has 6 amide bonds. The van der Waals surface area contributed by atoms with Crippen LogP contribution in [0.3, 0.4) is 0 Å². The van der Waals surface area contributed by atoms with Crippen LogP contribution in [0.5, 0.6) is 0 Å². The van der Waals surface area contributed by atoms with Crippen LogP contribution in [0.15, 0.2) is 4.99 Å². The quantitative estimate of drug-likeness (QED) is 0.0238. The maximum absolute atomic E-state index is 12.8. The number of nitrogens with zero attached hydrogens (tertiary/aromatic N) is 1. The molecule has 0 spiro atoms. The van der Waals surface area contributed by atoms with Gasteiger partial charge in [0.15, 0.2) is 5.96 Å². The first kappa shape index (κ1) is 39.3. The number of guanidine groups is 1. The summed E-state index contributed by atoms with van der Waals surface area (Å²) in [5.74, 6) is -8.65. The molecule has 22 heteroatoms. The van der Waals surface area contributed by atoms with E-state index in [0.717, 1.165) is 0 Å². The Hall–Kier alpha value is -4.70. The van der Waals surface area contributed by atoms with Gasteiger partial charge in [-0.25, -0.2) is 4.79 Å². The summed E-state index contributed by atoms with van der Waals surface area (Å²) in [4.78, 5) is 99.2. The van der Waals surface area contributed by atoms with Crippen LogP contribution in [0.4, 0.5) is 0 Å². The van der Waals surface area contributed by atoms with Gasteiger partial charge in [-0.05, 0) is 12.8 Å². The zero-order valence-electron chi connectivity index (χ0n) is 23.4. The first-order valence-corrected chi connectivity index (χ1v) is 13.4. The standard InChI is InChI=1S/C22H38N10O11S/c23-10(9-44)18(39)28-5-14(34)27-6-15(35)30-11(2-1-3-26-22(24)25)19(40)29-7-16(36)31-12(4-17(37)38)20(41)32-13(8-33)21(42)43/h10-13,33,44H,1-9,23H2,(H,27,34)(H,28,39)(H,29,40)(H,30,35)(H,31,36)(H,32,41)(H,37,38)(H,42,43)(H4,24,25,26)/t10-,11-,12-,13-/m0/s1. The van der Waals surface area contributed by atoms with Crippen LogP contribution < -0.4 is 49.1 Å². The van der Waals surface area contributed by atoms with Crippen LogP contribution >= 0.6 is 12.6 Å². The largest absolute Gasteiger partial charge is 0.481 e. The van der Waals surface area contributed by atoms with Gasteiger partial charge >= 0.3 is 11.9 Å². The second-order valence-electron chi connectivity index (χ2n) is 8.87. The first-order chi connectivity index (χ1) is 20.6. The molecular formula is C22H38N10O11S. The molecule has 44 heavy (non-hydrogen) atoms. The average molecular weight is 651 g/mol. The van der Waals surface area contributed by atoms with Gasteiger partial charge < -0.3 is 64.4 Å². The van der Waals surface area contributed by atoms with E-state index in [0.29, 0.717) is 0 Å². The van der Waals surface area contributed by atoms with Gasteiger partial charge in [0.2, 0.25) is 35.4 Å². The summed E-state index contributed by atoms with van der Waals surface area (Å²) in [5, 5.41) is 40.0. The van der Waals surface area contributed by atoms with Crippen molar-refractivity contribution < 1.29 is 53.7 Å². The fourth-order valence-electron chi connectivity index (χ4n) is 3.02. The monoisotopic (exact) mass is 650 g/mol. The predicted octanol–water partition coefficient (Wildman–Crippen LogP) is -7.35. The van der Waals surface area contributed by atoms with Crippen LogP contribution in [-0.4, -0.2) is 131 Å². The van der Waals surface area contributed by atoms with Crippen molar-refractivity contribution in [1.29, 1.82) is 0 Å². The van der Waals surface area contributed by atoms with E-state index in [1.807, 2.05) is 10.6 Å². The van der Waals surface area contributed by atoms with E-state index in [-0.39, 0.29) is 31.1 Å². The van der Waals surface area contributed by atoms with Crippen molar-refractivity contribution in [1.82, 2.24) is 31.9 Å². The number of aliphatic imine (C=N–C) groups is 1. The number of aliphatic hydroxyl groups excluding tert-OH is 1. The van der Waals surface area contributed by atoms with E-state index in [4.69, 9.17) is 32.5 Å². The van der Waals surface area contributed by atoms with Gasteiger partial charge in [0.05, 0.1) is 38.7 Å². The number of aliphatic carboxylic acids is 2. The molecule has 0 aliphatic heterocycles. The number of nitrogens with one attached hydrogen (secondary N) is 6. The Morgan fingerprint density at radius 2 is 1.27 bits per heavy atom. The van der Waals surface area contributed by atoms with Crippen LogP contribution in [0.2, 0.25) is 0 Å². The average Bonchev–Trinajstić information content (AvgIpc) is 2.96. The highest BCUT2D eigenvalue weighted by Crippen LogP contribution is 2.00. The molecule has 0 heterocycles. The number of hydrogen-bond donors (Lipinski definition) is 13. The van der Waals surface area contributed by atoms with Gasteiger partial charge in [0.1, 0.15) is 18.1 Å². The lowest BCUT2D eigenvalue weighted by Crippen LogP contribution is -2.55. The van der Waals surface area contributed by atoms with Crippen molar-refractivity contribution in [2.75, 3.05) is 38.5 Å². The number of carboxylic acids is 2. The number of thiol groups is 1. The first-order valence-electron chi connectivity index (χ1n) is 12.8. The van der Waals surface area contributed by atoms with Gasteiger partial charge in [-0.15, -0.1) is 0 Å². The molecule has 0 aromatic carbocycles. The topological polar surface area (TPSA) is 360 Å². The summed E-state index contributed by atoms with van der Waals surface area (Å²) in [7, 11) is 0. The lowest BCUT2D eigenvalue weighted by atomic mass is 10.1. The molecule has 15 N–H and O–H groups in total. The molecule has 0 saturated heterocycles. The number of carboxylic acid groups (broad SMARTS) is 2. The molecule has 0 aliphatic carbocycles. The Bertz CT molecular complexity index is 1090. The lowest BCUT2D eigenvalue weighted by molar-refractivity contribution is -0.144. The van der Waals surface area contributed by atoms with Crippen molar-refractivity contribution in [2.45, 2.75) is 43.4 Å². The smallest absolute Gasteiger partial charge is 0.328 e. The number of rotatable bonds is 21. The second-order valence-corrected chi connectivity index (χ2v) is 9.24. The van der Waals surface area contributed by atoms with Crippen molar-refractivity contribution >= 4 is 66.0 Å². The van der Waals surface area contributed by atoms with Crippen LogP contribution in [0, 0.1) is 0 Å². The molecule has 0 bridgehead atoms. The molecule has 21 nitrogen and oxygen atoms in total. The molecule has 0 radical (unpaired) electrons. The Morgan fingerprint density at radius 1 is 0.727 bits per heavy atom. The second kappa shape index (κ2) is 21.1. The van der Waals surface area contributed by atoms with E-state index >= 15 is 0 Å². The Morgan fingerprint density at radius 3 is 1.80 bits per heavy atom. The molecule has 0 rings (SSSR count). The van der Waals surface area contributed by atoms with Gasteiger partial charge in [-0.2, -0.15) is 12.6 Å². The van der Waals surface area contributed by atoms with E-state index in [1.54, 1.807) is 0 Å². The number of hydrogen-bond acceptors (Lipinski definition) is 12. The van der Waals surface area contributed by atoms with E-state index in [9.17, 15) is 38.4 Å². The number of amides is 6. The highest BCUT2D eigenvalue weighted by molar-refractivity contribution is 7.80. The third kappa shape index (κ3) is 17.3. The molecular weight excluding hydrogens is 612 g/mol. The minimum atomic E-state index is -1.77. The Labute approximate surface area is 255 Å². The Balaban J connectivity index is 5.21. The molecule has 0 unspecified atom stereocenters. The van der Waals surface area contributed by atoms with Crippen LogP contribution in [0.1, 0.15) is 19.3 Å². The third-order valence-electron chi connectivity index (χ3n) is 5.25. The molecule has 0 aromatic heterocycles. The van der Waals surface area contributed by atoms with Crippen molar-refractivity contribution in [2.24, 2.45) is 22.2 Å². The highest BCUT2D eigenvalue weighted by atomic mass is 32.1. The summed E-state index contributed by atoms with van der Waals surface area (Å²) < 4.78 is 0. The minimum Gasteiger partial charge on any atom is -0.481 e. The van der Waals surface area contributed by atoms with Crippen molar-refractivity contribution in [3.8, 4) is 0 Å². The molecule has 248 valence electrons. The summed E-state index contributed by atoms with van der Waals surface area (Å²) in [6.07, 6.45) is -0.809. The van der Waals surface area contributed by atoms with Gasteiger partial charge in [0.25, 0.3) is 0 Å². The fraction of sp³-hybridized carbons (Fsp3) is 0.591. The predicted molar refractivity (Wildman–Crippen MR) is 154 cm³/mol. The molecule has 0 aliphatic rings. The molecule has 4 atom stereocenters.